The first-order chi connectivity index (χ1) is 13.3. The van der Waals surface area contributed by atoms with Crippen molar-refractivity contribution in [3.8, 4) is 5.75 Å². The molecule has 140 valence electrons. The molecule has 0 spiro atoms. The summed E-state index contributed by atoms with van der Waals surface area (Å²) in [6.07, 6.45) is 8.71. The molecule has 3 aromatic rings. The predicted molar refractivity (Wildman–Crippen MR) is 114 cm³/mol. The summed E-state index contributed by atoms with van der Waals surface area (Å²) >= 11 is 3.71. The van der Waals surface area contributed by atoms with E-state index in [9.17, 15) is 0 Å². The van der Waals surface area contributed by atoms with E-state index in [-0.39, 0.29) is 0 Å². The third-order valence-corrected chi connectivity index (χ3v) is 6.18. The summed E-state index contributed by atoms with van der Waals surface area (Å²) in [5.74, 6) is 0.927. The third kappa shape index (κ3) is 4.33. The second-order valence-corrected chi connectivity index (χ2v) is 7.93. The highest BCUT2D eigenvalue weighted by molar-refractivity contribution is 9.10. The van der Waals surface area contributed by atoms with Gasteiger partial charge in [0.25, 0.3) is 0 Å². The van der Waals surface area contributed by atoms with E-state index in [0.717, 1.165) is 29.8 Å². The molecule has 27 heavy (non-hydrogen) atoms. The van der Waals surface area contributed by atoms with Gasteiger partial charge in [0.1, 0.15) is 5.75 Å². The van der Waals surface area contributed by atoms with Crippen LogP contribution in [0.25, 0.3) is 10.8 Å². The lowest BCUT2D eigenvalue weighted by atomic mass is 9.96. The lowest BCUT2D eigenvalue weighted by Gasteiger charge is -2.35. The lowest BCUT2D eigenvalue weighted by Crippen LogP contribution is -2.34. The van der Waals surface area contributed by atoms with E-state index in [1.165, 1.54) is 42.1 Å². The quantitative estimate of drug-likeness (QED) is 0.454. The molecule has 0 aliphatic carbocycles. The fourth-order valence-corrected chi connectivity index (χ4v) is 4.59. The second kappa shape index (κ2) is 8.85. The minimum absolute atomic E-state index is 0.500. The van der Waals surface area contributed by atoms with Crippen molar-refractivity contribution in [2.75, 3.05) is 19.7 Å². The van der Waals surface area contributed by atoms with Crippen LogP contribution in [0.3, 0.4) is 0 Å². The molecule has 1 aliphatic heterocycles. The number of benzene rings is 2. The van der Waals surface area contributed by atoms with Crippen molar-refractivity contribution >= 4 is 26.7 Å². The van der Waals surface area contributed by atoms with Gasteiger partial charge >= 0.3 is 0 Å². The van der Waals surface area contributed by atoms with Crippen LogP contribution in [0.1, 0.15) is 37.3 Å². The minimum Gasteiger partial charge on any atom is -0.492 e. The maximum atomic E-state index is 6.09. The third-order valence-electron chi connectivity index (χ3n) is 5.36. The van der Waals surface area contributed by atoms with Crippen LogP contribution in [-0.2, 0) is 0 Å². The van der Waals surface area contributed by atoms with Crippen molar-refractivity contribution in [1.82, 2.24) is 9.88 Å². The van der Waals surface area contributed by atoms with Gasteiger partial charge in [-0.1, -0.05) is 42.8 Å². The highest BCUT2D eigenvalue weighted by Crippen LogP contribution is 2.33. The molecule has 2 heterocycles. The molecule has 4 heteroatoms. The number of hydrogen-bond donors (Lipinski definition) is 0. The molecule has 0 amide bonds. The molecule has 1 atom stereocenters. The number of halogens is 1. The number of pyridine rings is 1. The highest BCUT2D eigenvalue weighted by atomic mass is 79.9. The van der Waals surface area contributed by atoms with Gasteiger partial charge in [0, 0.05) is 25.0 Å². The van der Waals surface area contributed by atoms with Crippen molar-refractivity contribution in [3.63, 3.8) is 0 Å². The maximum Gasteiger partial charge on any atom is 0.134 e. The monoisotopic (exact) mass is 424 g/mol. The number of aromatic nitrogens is 1. The Morgan fingerprint density at radius 1 is 1.07 bits per heavy atom. The van der Waals surface area contributed by atoms with E-state index < -0.39 is 0 Å². The van der Waals surface area contributed by atoms with Crippen LogP contribution in [0.2, 0.25) is 0 Å². The number of nitrogens with zero attached hydrogens (tertiary/aromatic N) is 2. The summed E-state index contributed by atoms with van der Waals surface area (Å²) in [6.45, 7) is 2.96. The van der Waals surface area contributed by atoms with Crippen LogP contribution in [0.15, 0.2) is 65.4 Å². The van der Waals surface area contributed by atoms with Crippen LogP contribution in [-0.4, -0.2) is 29.6 Å². The van der Waals surface area contributed by atoms with Gasteiger partial charge in [-0.05, 0) is 70.2 Å². The topological polar surface area (TPSA) is 25.4 Å². The zero-order valence-corrected chi connectivity index (χ0v) is 17.1. The zero-order valence-electron chi connectivity index (χ0n) is 15.5. The Bertz CT molecular complexity index is 884. The van der Waals surface area contributed by atoms with E-state index in [0.29, 0.717) is 6.04 Å². The normalized spacial score (nSPS) is 17.9. The van der Waals surface area contributed by atoms with Gasteiger partial charge in [-0.15, -0.1) is 0 Å². The molecule has 0 saturated carbocycles. The van der Waals surface area contributed by atoms with Gasteiger partial charge in [0.2, 0.25) is 0 Å². The Kier molecular flexibility index (Phi) is 6.05. The van der Waals surface area contributed by atoms with Crippen molar-refractivity contribution < 1.29 is 4.74 Å². The van der Waals surface area contributed by atoms with Crippen LogP contribution in [0.4, 0.5) is 0 Å². The van der Waals surface area contributed by atoms with Crippen molar-refractivity contribution in [3.05, 3.63) is 71.0 Å². The number of rotatable bonds is 6. The summed E-state index contributed by atoms with van der Waals surface area (Å²) in [5.41, 5.74) is 1.34. The standard InChI is InChI=1S/C23H25BrN2O/c24-23-20-9-2-1-7-18(20)11-12-22(23)27-16-6-15-26-14-4-3-10-21(26)19-8-5-13-25-17-19/h1-2,5,7-9,11-13,17,21H,3-4,6,10,14-16H2. The fourth-order valence-electron chi connectivity index (χ4n) is 3.98. The van der Waals surface area contributed by atoms with Gasteiger partial charge in [0.15, 0.2) is 0 Å². The van der Waals surface area contributed by atoms with E-state index in [2.05, 4.69) is 68.3 Å². The fraction of sp³-hybridized carbons (Fsp3) is 0.348. The van der Waals surface area contributed by atoms with Gasteiger partial charge < -0.3 is 4.74 Å². The zero-order chi connectivity index (χ0) is 18.5. The molecule has 1 saturated heterocycles. The largest absolute Gasteiger partial charge is 0.492 e. The average Bonchev–Trinajstić information content (AvgIpc) is 2.74. The first-order valence-corrected chi connectivity index (χ1v) is 10.6. The molecule has 1 fully saturated rings. The van der Waals surface area contributed by atoms with E-state index in [1.54, 1.807) is 0 Å². The summed E-state index contributed by atoms with van der Waals surface area (Å²) < 4.78 is 7.14. The number of ether oxygens (including phenoxy) is 1. The minimum atomic E-state index is 0.500. The van der Waals surface area contributed by atoms with Crippen molar-refractivity contribution in [1.29, 1.82) is 0 Å². The molecular weight excluding hydrogens is 400 g/mol. The number of hydrogen-bond acceptors (Lipinski definition) is 3. The predicted octanol–water partition coefficient (Wildman–Crippen LogP) is 5.99. The molecule has 0 N–H and O–H groups in total. The molecule has 1 aliphatic rings. The lowest BCUT2D eigenvalue weighted by molar-refractivity contribution is 0.137. The Morgan fingerprint density at radius 2 is 2.00 bits per heavy atom. The highest BCUT2D eigenvalue weighted by Gasteiger charge is 2.23. The van der Waals surface area contributed by atoms with E-state index in [4.69, 9.17) is 4.74 Å². The van der Waals surface area contributed by atoms with Gasteiger partial charge in [-0.25, -0.2) is 0 Å². The van der Waals surface area contributed by atoms with Crippen molar-refractivity contribution in [2.24, 2.45) is 0 Å². The molecule has 1 aromatic heterocycles. The van der Waals surface area contributed by atoms with Crippen LogP contribution >= 0.6 is 15.9 Å². The Hall–Kier alpha value is -1.91. The number of likely N-dealkylation sites (tertiary alicyclic amines) is 1. The summed E-state index contributed by atoms with van der Waals surface area (Å²) in [5, 5.41) is 2.42. The SMILES string of the molecule is Brc1c(OCCCN2CCCCC2c2cccnc2)ccc2ccccc12. The second-order valence-electron chi connectivity index (χ2n) is 7.13. The number of fused-ring (bicyclic) bond motifs is 1. The Labute approximate surface area is 169 Å². The van der Waals surface area contributed by atoms with E-state index >= 15 is 0 Å². The van der Waals surface area contributed by atoms with Crippen LogP contribution in [0, 0.1) is 0 Å². The molecule has 4 rings (SSSR count). The molecule has 2 aromatic carbocycles. The summed E-state index contributed by atoms with van der Waals surface area (Å²) in [7, 11) is 0. The summed E-state index contributed by atoms with van der Waals surface area (Å²) in [6, 6.07) is 17.3. The van der Waals surface area contributed by atoms with E-state index in [1.807, 2.05) is 18.5 Å². The Balaban J connectivity index is 1.35. The first-order valence-electron chi connectivity index (χ1n) is 9.77. The summed E-state index contributed by atoms with van der Waals surface area (Å²) in [4.78, 5) is 6.90. The van der Waals surface area contributed by atoms with Gasteiger partial charge in [0.05, 0.1) is 11.1 Å². The van der Waals surface area contributed by atoms with Crippen LogP contribution < -0.4 is 4.74 Å². The number of piperidine rings is 1. The van der Waals surface area contributed by atoms with Gasteiger partial charge in [-0.3, -0.25) is 9.88 Å². The Morgan fingerprint density at radius 3 is 2.89 bits per heavy atom. The molecule has 0 bridgehead atoms. The van der Waals surface area contributed by atoms with Crippen molar-refractivity contribution in [2.45, 2.75) is 31.7 Å². The molecule has 1 unspecified atom stereocenters. The van der Waals surface area contributed by atoms with Gasteiger partial charge in [-0.2, -0.15) is 0 Å². The average molecular weight is 425 g/mol. The smallest absolute Gasteiger partial charge is 0.134 e. The first kappa shape index (κ1) is 18.5. The van der Waals surface area contributed by atoms with Crippen LogP contribution in [0.5, 0.6) is 5.75 Å². The molecule has 3 nitrogen and oxygen atoms in total. The molecular formula is C23H25BrN2O. The maximum absolute atomic E-state index is 6.09. The molecule has 0 radical (unpaired) electrons.